The Labute approximate surface area is 181 Å². The Hall–Kier alpha value is -2.50. The minimum absolute atomic E-state index is 0.185. The second-order valence-corrected chi connectivity index (χ2v) is 8.65. The quantitative estimate of drug-likeness (QED) is 0.519. The van der Waals surface area contributed by atoms with Crippen molar-refractivity contribution in [3.8, 4) is 11.3 Å². The molecule has 0 aliphatic heterocycles. The molecule has 0 aliphatic carbocycles. The molecule has 162 valence electrons. The van der Waals surface area contributed by atoms with Gasteiger partial charge in [-0.05, 0) is 49.0 Å². The second-order valence-electron chi connectivity index (χ2n) is 8.65. The van der Waals surface area contributed by atoms with Crippen LogP contribution in [-0.2, 0) is 12.8 Å². The van der Waals surface area contributed by atoms with Crippen LogP contribution in [0.4, 0.5) is 0 Å². The van der Waals surface area contributed by atoms with Gasteiger partial charge in [-0.25, -0.2) is 4.98 Å². The molecule has 0 bridgehead atoms. The molecular weight excluding hydrogens is 370 g/mol. The SMILES string of the molecule is CCN.CCNC(Cc1ccc(-c2ccccn2)cc1)c1nc(CC(C)(C)C)c[nH]1. The van der Waals surface area contributed by atoms with Crippen molar-refractivity contribution in [1.82, 2.24) is 20.3 Å². The van der Waals surface area contributed by atoms with E-state index in [9.17, 15) is 0 Å². The molecule has 4 N–H and O–H groups in total. The van der Waals surface area contributed by atoms with Gasteiger partial charge in [-0.1, -0.05) is 65.0 Å². The maximum Gasteiger partial charge on any atom is 0.123 e. The van der Waals surface area contributed by atoms with Crippen LogP contribution >= 0.6 is 0 Å². The van der Waals surface area contributed by atoms with Crippen LogP contribution in [0.25, 0.3) is 11.3 Å². The highest BCUT2D eigenvalue weighted by Gasteiger charge is 2.18. The number of H-pyrrole nitrogens is 1. The topological polar surface area (TPSA) is 79.6 Å². The highest BCUT2D eigenvalue weighted by atomic mass is 15.0. The van der Waals surface area contributed by atoms with Gasteiger partial charge in [0, 0.05) is 18.0 Å². The maximum absolute atomic E-state index is 4.85. The summed E-state index contributed by atoms with van der Waals surface area (Å²) >= 11 is 0. The molecule has 0 saturated heterocycles. The maximum atomic E-state index is 4.85. The molecule has 1 atom stereocenters. The van der Waals surface area contributed by atoms with Crippen molar-refractivity contribution in [2.75, 3.05) is 13.1 Å². The van der Waals surface area contributed by atoms with E-state index < -0.39 is 0 Å². The predicted molar refractivity (Wildman–Crippen MR) is 126 cm³/mol. The van der Waals surface area contributed by atoms with E-state index >= 15 is 0 Å². The zero-order valence-electron chi connectivity index (χ0n) is 19.1. The summed E-state index contributed by atoms with van der Waals surface area (Å²) in [7, 11) is 0. The van der Waals surface area contributed by atoms with Crippen LogP contribution in [0.15, 0.2) is 54.9 Å². The second kappa shape index (κ2) is 11.6. The van der Waals surface area contributed by atoms with Gasteiger partial charge in [0.25, 0.3) is 0 Å². The standard InChI is InChI=1S/C23H30N4.C2H7N/c1-5-24-21(22-26-16-19(27-22)15-23(2,3)4)14-17-9-11-18(12-10-17)20-8-6-7-13-25-20;1-2-3/h6-13,16,21,24H,5,14-15H2,1-4H3,(H,26,27);2-3H2,1H3. The number of rotatable bonds is 7. The fraction of sp³-hybridized carbons (Fsp3) is 0.440. The number of likely N-dealkylation sites (N-methyl/N-ethyl adjacent to an activating group) is 1. The van der Waals surface area contributed by atoms with E-state index in [2.05, 4.69) is 73.4 Å². The Balaban J connectivity index is 0.00000101. The fourth-order valence-corrected chi connectivity index (χ4v) is 3.28. The molecule has 5 heteroatoms. The number of benzene rings is 1. The summed E-state index contributed by atoms with van der Waals surface area (Å²) in [4.78, 5) is 12.7. The van der Waals surface area contributed by atoms with E-state index in [1.807, 2.05) is 31.3 Å². The number of nitrogens with two attached hydrogens (primary N) is 1. The van der Waals surface area contributed by atoms with Gasteiger partial charge in [0.05, 0.1) is 17.4 Å². The monoisotopic (exact) mass is 407 g/mol. The lowest BCUT2D eigenvalue weighted by molar-refractivity contribution is 0.406. The zero-order valence-corrected chi connectivity index (χ0v) is 19.1. The molecule has 2 aromatic heterocycles. The van der Waals surface area contributed by atoms with Gasteiger partial charge in [-0.2, -0.15) is 0 Å². The van der Waals surface area contributed by atoms with Crippen LogP contribution < -0.4 is 11.1 Å². The van der Waals surface area contributed by atoms with Gasteiger partial charge in [0.1, 0.15) is 5.82 Å². The van der Waals surface area contributed by atoms with Gasteiger partial charge in [0.15, 0.2) is 0 Å². The highest BCUT2D eigenvalue weighted by molar-refractivity contribution is 5.59. The summed E-state index contributed by atoms with van der Waals surface area (Å²) in [6.07, 6.45) is 5.76. The lowest BCUT2D eigenvalue weighted by Gasteiger charge is -2.17. The number of nitrogens with one attached hydrogen (secondary N) is 2. The van der Waals surface area contributed by atoms with Crippen molar-refractivity contribution in [2.24, 2.45) is 11.1 Å². The van der Waals surface area contributed by atoms with Gasteiger partial charge in [0.2, 0.25) is 0 Å². The lowest BCUT2D eigenvalue weighted by Crippen LogP contribution is -2.24. The van der Waals surface area contributed by atoms with Crippen molar-refractivity contribution in [2.45, 2.75) is 53.5 Å². The molecule has 3 rings (SSSR count). The third kappa shape index (κ3) is 7.73. The first-order valence-electron chi connectivity index (χ1n) is 10.8. The van der Waals surface area contributed by atoms with E-state index in [1.165, 1.54) is 5.56 Å². The van der Waals surface area contributed by atoms with E-state index in [1.54, 1.807) is 0 Å². The average Bonchev–Trinajstić information content (AvgIpc) is 3.16. The molecule has 3 aromatic rings. The molecule has 0 aliphatic rings. The Morgan fingerprint density at radius 3 is 2.33 bits per heavy atom. The van der Waals surface area contributed by atoms with Gasteiger partial charge < -0.3 is 16.0 Å². The molecule has 30 heavy (non-hydrogen) atoms. The van der Waals surface area contributed by atoms with Crippen molar-refractivity contribution in [3.63, 3.8) is 0 Å². The first-order chi connectivity index (χ1) is 14.4. The zero-order chi connectivity index (χ0) is 22.0. The summed E-state index contributed by atoms with van der Waals surface area (Å²) in [6, 6.07) is 14.8. The number of nitrogens with zero attached hydrogens (tertiary/aromatic N) is 2. The van der Waals surface area contributed by atoms with Crippen molar-refractivity contribution in [1.29, 1.82) is 0 Å². The largest absolute Gasteiger partial charge is 0.347 e. The first-order valence-corrected chi connectivity index (χ1v) is 10.8. The average molecular weight is 408 g/mol. The van der Waals surface area contributed by atoms with Crippen LogP contribution in [0.1, 0.15) is 57.7 Å². The Morgan fingerprint density at radius 2 is 1.77 bits per heavy atom. The van der Waals surface area contributed by atoms with Crippen molar-refractivity contribution in [3.05, 3.63) is 71.9 Å². The molecule has 1 aromatic carbocycles. The molecule has 0 radical (unpaired) electrons. The Morgan fingerprint density at radius 1 is 1.07 bits per heavy atom. The van der Waals surface area contributed by atoms with E-state index in [-0.39, 0.29) is 11.5 Å². The van der Waals surface area contributed by atoms with Crippen LogP contribution in [0, 0.1) is 5.41 Å². The molecule has 5 nitrogen and oxygen atoms in total. The summed E-state index contributed by atoms with van der Waals surface area (Å²) in [5, 5.41) is 3.56. The lowest BCUT2D eigenvalue weighted by atomic mass is 9.91. The fourth-order valence-electron chi connectivity index (χ4n) is 3.28. The molecule has 2 heterocycles. The Kier molecular flexibility index (Phi) is 9.21. The van der Waals surface area contributed by atoms with Crippen molar-refractivity contribution >= 4 is 0 Å². The van der Waals surface area contributed by atoms with Gasteiger partial charge in [-0.3, -0.25) is 4.98 Å². The number of aromatic amines is 1. The Bertz CT molecular complexity index is 847. The molecule has 0 saturated carbocycles. The minimum atomic E-state index is 0.185. The third-order valence-electron chi connectivity index (χ3n) is 4.50. The van der Waals surface area contributed by atoms with Crippen molar-refractivity contribution < 1.29 is 0 Å². The summed E-state index contributed by atoms with van der Waals surface area (Å²) in [5.41, 5.74) is 9.65. The smallest absolute Gasteiger partial charge is 0.123 e. The number of hydrogen-bond acceptors (Lipinski definition) is 4. The normalized spacial score (nSPS) is 12.2. The molecule has 1 unspecified atom stereocenters. The minimum Gasteiger partial charge on any atom is -0.347 e. The van der Waals surface area contributed by atoms with E-state index in [4.69, 9.17) is 10.7 Å². The molecule has 0 fully saturated rings. The van der Waals surface area contributed by atoms with Crippen LogP contribution in [0.2, 0.25) is 0 Å². The number of aromatic nitrogens is 3. The summed E-state index contributed by atoms with van der Waals surface area (Å²) in [6.45, 7) is 12.4. The molecular formula is C25H37N5. The third-order valence-corrected chi connectivity index (χ3v) is 4.50. The summed E-state index contributed by atoms with van der Waals surface area (Å²) < 4.78 is 0. The highest BCUT2D eigenvalue weighted by Crippen LogP contribution is 2.23. The van der Waals surface area contributed by atoms with Crippen LogP contribution in [0.5, 0.6) is 0 Å². The predicted octanol–water partition coefficient (Wildman–Crippen LogP) is 4.92. The van der Waals surface area contributed by atoms with Gasteiger partial charge in [-0.15, -0.1) is 0 Å². The summed E-state index contributed by atoms with van der Waals surface area (Å²) in [5.74, 6) is 1.02. The van der Waals surface area contributed by atoms with Gasteiger partial charge >= 0.3 is 0 Å². The van der Waals surface area contributed by atoms with Crippen LogP contribution in [0.3, 0.4) is 0 Å². The number of pyridine rings is 1. The first kappa shape index (κ1) is 23.8. The number of imidazole rings is 1. The van der Waals surface area contributed by atoms with Crippen LogP contribution in [-0.4, -0.2) is 28.0 Å². The van der Waals surface area contributed by atoms with E-state index in [0.717, 1.165) is 48.7 Å². The molecule has 0 spiro atoms. The molecule has 0 amide bonds. The van der Waals surface area contributed by atoms with E-state index in [0.29, 0.717) is 0 Å². The number of hydrogen-bond donors (Lipinski definition) is 3.